The van der Waals surface area contributed by atoms with Crippen LogP contribution < -0.4 is 5.73 Å². The molecule has 1 unspecified atom stereocenters. The lowest BCUT2D eigenvalue weighted by Gasteiger charge is -2.20. The fourth-order valence-electron chi connectivity index (χ4n) is 1.72. The molecule has 3 N–H and O–H groups in total. The standard InChI is InChI=1S/C13H21N3O/c1-11(13(14)15-17)10-16(2)9-8-12-6-4-3-5-7-12/h3-7,11,17H,8-10H2,1-2H3,(H2,14,15). The van der Waals surface area contributed by atoms with Gasteiger partial charge in [-0.05, 0) is 19.0 Å². The molecule has 1 atom stereocenters. The molecule has 0 aliphatic carbocycles. The summed E-state index contributed by atoms with van der Waals surface area (Å²) in [7, 11) is 2.05. The highest BCUT2D eigenvalue weighted by molar-refractivity contribution is 5.82. The van der Waals surface area contributed by atoms with Crippen LogP contribution in [0.15, 0.2) is 35.5 Å². The number of amidine groups is 1. The van der Waals surface area contributed by atoms with E-state index in [1.165, 1.54) is 5.56 Å². The second kappa shape index (κ2) is 6.91. The highest BCUT2D eigenvalue weighted by Gasteiger charge is 2.10. The first-order chi connectivity index (χ1) is 8.13. The Morgan fingerprint density at radius 1 is 1.41 bits per heavy atom. The third kappa shape index (κ3) is 4.87. The molecule has 94 valence electrons. The van der Waals surface area contributed by atoms with Gasteiger partial charge in [0.2, 0.25) is 0 Å². The van der Waals surface area contributed by atoms with E-state index in [0.29, 0.717) is 0 Å². The Labute approximate surface area is 103 Å². The molecule has 0 radical (unpaired) electrons. The summed E-state index contributed by atoms with van der Waals surface area (Å²) < 4.78 is 0. The highest BCUT2D eigenvalue weighted by Crippen LogP contribution is 2.03. The average Bonchev–Trinajstić information content (AvgIpc) is 2.36. The molecule has 0 aromatic heterocycles. The Bertz CT molecular complexity index is 351. The van der Waals surface area contributed by atoms with Crippen molar-refractivity contribution in [1.29, 1.82) is 0 Å². The minimum absolute atomic E-state index is 0.0702. The van der Waals surface area contributed by atoms with E-state index in [0.717, 1.165) is 19.5 Å². The molecule has 4 nitrogen and oxygen atoms in total. The highest BCUT2D eigenvalue weighted by atomic mass is 16.4. The molecule has 0 aliphatic heterocycles. The van der Waals surface area contributed by atoms with E-state index >= 15 is 0 Å². The largest absolute Gasteiger partial charge is 0.409 e. The maximum Gasteiger partial charge on any atom is 0.143 e. The molecular weight excluding hydrogens is 214 g/mol. The third-order valence-corrected chi connectivity index (χ3v) is 2.83. The molecule has 0 saturated carbocycles. The van der Waals surface area contributed by atoms with Crippen molar-refractivity contribution in [2.24, 2.45) is 16.8 Å². The first kappa shape index (κ1) is 13.5. The molecule has 4 heteroatoms. The van der Waals surface area contributed by atoms with Crippen molar-refractivity contribution in [2.75, 3.05) is 20.1 Å². The Hall–Kier alpha value is -1.55. The van der Waals surface area contributed by atoms with Gasteiger partial charge in [-0.15, -0.1) is 0 Å². The summed E-state index contributed by atoms with van der Waals surface area (Å²) in [4.78, 5) is 2.19. The monoisotopic (exact) mass is 235 g/mol. The van der Waals surface area contributed by atoms with Gasteiger partial charge in [0.1, 0.15) is 5.84 Å². The van der Waals surface area contributed by atoms with Crippen LogP contribution in [0.2, 0.25) is 0 Å². The number of likely N-dealkylation sites (N-methyl/N-ethyl adjacent to an activating group) is 1. The third-order valence-electron chi connectivity index (χ3n) is 2.83. The number of nitrogens with zero attached hydrogens (tertiary/aromatic N) is 2. The SMILES string of the molecule is CC(CN(C)CCc1ccccc1)C(N)=NO. The van der Waals surface area contributed by atoms with Crippen molar-refractivity contribution < 1.29 is 5.21 Å². The molecule has 0 bridgehead atoms. The van der Waals surface area contributed by atoms with Gasteiger partial charge in [0, 0.05) is 19.0 Å². The Morgan fingerprint density at radius 2 is 2.06 bits per heavy atom. The predicted molar refractivity (Wildman–Crippen MR) is 70.2 cm³/mol. The van der Waals surface area contributed by atoms with Crippen LogP contribution in [0.4, 0.5) is 0 Å². The van der Waals surface area contributed by atoms with Crippen LogP contribution in [0.5, 0.6) is 0 Å². The zero-order valence-corrected chi connectivity index (χ0v) is 10.5. The van der Waals surface area contributed by atoms with Gasteiger partial charge in [-0.1, -0.05) is 42.4 Å². The van der Waals surface area contributed by atoms with E-state index in [9.17, 15) is 0 Å². The fourth-order valence-corrected chi connectivity index (χ4v) is 1.72. The van der Waals surface area contributed by atoms with Crippen LogP contribution in [-0.2, 0) is 6.42 Å². The molecule has 1 aromatic carbocycles. The second-order valence-corrected chi connectivity index (χ2v) is 4.42. The molecule has 0 fully saturated rings. The summed E-state index contributed by atoms with van der Waals surface area (Å²) in [6.45, 7) is 3.71. The van der Waals surface area contributed by atoms with Gasteiger partial charge >= 0.3 is 0 Å². The van der Waals surface area contributed by atoms with E-state index in [4.69, 9.17) is 10.9 Å². The fraction of sp³-hybridized carbons (Fsp3) is 0.462. The summed E-state index contributed by atoms with van der Waals surface area (Å²) in [5, 5.41) is 11.6. The van der Waals surface area contributed by atoms with Gasteiger partial charge in [-0.3, -0.25) is 0 Å². The minimum atomic E-state index is 0.0702. The maximum absolute atomic E-state index is 8.57. The van der Waals surface area contributed by atoms with Gasteiger partial charge in [0.25, 0.3) is 0 Å². The van der Waals surface area contributed by atoms with Crippen molar-refractivity contribution in [2.45, 2.75) is 13.3 Å². The van der Waals surface area contributed by atoms with E-state index < -0.39 is 0 Å². The zero-order valence-electron chi connectivity index (χ0n) is 10.5. The lowest BCUT2D eigenvalue weighted by Crippen LogP contribution is -2.33. The molecule has 1 rings (SSSR count). The van der Waals surface area contributed by atoms with E-state index in [1.54, 1.807) is 0 Å². The Balaban J connectivity index is 2.33. The number of rotatable bonds is 6. The molecular formula is C13H21N3O. The summed E-state index contributed by atoms with van der Waals surface area (Å²) in [5.74, 6) is 0.359. The van der Waals surface area contributed by atoms with Crippen LogP contribution in [-0.4, -0.2) is 36.1 Å². The van der Waals surface area contributed by atoms with Crippen LogP contribution in [0, 0.1) is 5.92 Å². The topological polar surface area (TPSA) is 61.8 Å². The number of benzene rings is 1. The summed E-state index contributed by atoms with van der Waals surface area (Å²) in [5.41, 5.74) is 6.87. The van der Waals surface area contributed by atoms with Gasteiger partial charge < -0.3 is 15.8 Å². The number of nitrogens with two attached hydrogens (primary N) is 1. The quantitative estimate of drug-likeness (QED) is 0.340. The first-order valence-electron chi connectivity index (χ1n) is 5.83. The van der Waals surface area contributed by atoms with Crippen molar-refractivity contribution in [3.05, 3.63) is 35.9 Å². The maximum atomic E-state index is 8.57. The van der Waals surface area contributed by atoms with Crippen LogP contribution in [0.1, 0.15) is 12.5 Å². The van der Waals surface area contributed by atoms with Crippen molar-refractivity contribution in [1.82, 2.24) is 4.90 Å². The van der Waals surface area contributed by atoms with Gasteiger partial charge in [-0.2, -0.15) is 0 Å². The van der Waals surface area contributed by atoms with Crippen molar-refractivity contribution >= 4 is 5.84 Å². The Kier molecular flexibility index (Phi) is 5.49. The first-order valence-corrected chi connectivity index (χ1v) is 5.83. The van der Waals surface area contributed by atoms with Crippen LogP contribution >= 0.6 is 0 Å². The predicted octanol–water partition coefficient (Wildman–Crippen LogP) is 1.54. The number of hydrogen-bond donors (Lipinski definition) is 2. The normalized spacial score (nSPS) is 13.9. The Morgan fingerprint density at radius 3 is 2.65 bits per heavy atom. The average molecular weight is 235 g/mol. The van der Waals surface area contributed by atoms with Gasteiger partial charge in [0.15, 0.2) is 0 Å². The molecule has 0 spiro atoms. The smallest absolute Gasteiger partial charge is 0.143 e. The van der Waals surface area contributed by atoms with E-state index in [-0.39, 0.29) is 11.8 Å². The summed E-state index contributed by atoms with van der Waals surface area (Å²) in [6, 6.07) is 10.4. The lowest BCUT2D eigenvalue weighted by atomic mass is 10.1. The zero-order chi connectivity index (χ0) is 12.7. The van der Waals surface area contributed by atoms with E-state index in [2.05, 4.69) is 22.2 Å². The molecule has 1 aromatic rings. The molecule has 0 saturated heterocycles. The number of hydrogen-bond acceptors (Lipinski definition) is 3. The second-order valence-electron chi connectivity index (χ2n) is 4.42. The summed E-state index contributed by atoms with van der Waals surface area (Å²) >= 11 is 0. The minimum Gasteiger partial charge on any atom is -0.409 e. The molecule has 0 amide bonds. The molecule has 0 heterocycles. The van der Waals surface area contributed by atoms with Crippen molar-refractivity contribution in [3.8, 4) is 0 Å². The summed E-state index contributed by atoms with van der Waals surface area (Å²) in [6.07, 6.45) is 1.01. The molecule has 0 aliphatic rings. The van der Waals surface area contributed by atoms with E-state index in [1.807, 2.05) is 32.2 Å². The lowest BCUT2D eigenvalue weighted by molar-refractivity contribution is 0.296. The van der Waals surface area contributed by atoms with Crippen LogP contribution in [0.3, 0.4) is 0 Å². The van der Waals surface area contributed by atoms with Gasteiger partial charge in [0.05, 0.1) is 0 Å². The van der Waals surface area contributed by atoms with Crippen molar-refractivity contribution in [3.63, 3.8) is 0 Å². The molecule has 17 heavy (non-hydrogen) atoms. The van der Waals surface area contributed by atoms with Gasteiger partial charge in [-0.25, -0.2) is 0 Å². The number of oxime groups is 1. The van der Waals surface area contributed by atoms with Crippen LogP contribution in [0.25, 0.3) is 0 Å².